The van der Waals surface area contributed by atoms with Gasteiger partial charge < -0.3 is 5.73 Å². The summed E-state index contributed by atoms with van der Waals surface area (Å²) >= 11 is 6.09. The molecular formula is C17H14ClN3O5S. The summed E-state index contributed by atoms with van der Waals surface area (Å²) in [6.45, 7) is 0. The second kappa shape index (κ2) is 7.01. The number of nitrogens with one attached hydrogen (secondary N) is 1. The fourth-order valence-electron chi connectivity index (χ4n) is 2.76. The zero-order valence-corrected chi connectivity index (χ0v) is 15.5. The molecule has 0 saturated carbocycles. The minimum Gasteiger partial charge on any atom is -0.369 e. The van der Waals surface area contributed by atoms with Crippen molar-refractivity contribution in [3.8, 4) is 11.4 Å². The summed E-state index contributed by atoms with van der Waals surface area (Å²) in [4.78, 5) is 26.0. The van der Waals surface area contributed by atoms with Gasteiger partial charge in [0.25, 0.3) is 0 Å². The van der Waals surface area contributed by atoms with E-state index < -0.39 is 27.4 Å². The summed E-state index contributed by atoms with van der Waals surface area (Å²) in [7, 11) is -3.49. The van der Waals surface area contributed by atoms with Gasteiger partial charge in [-0.1, -0.05) is 28.9 Å². The molecule has 0 aliphatic rings. The van der Waals surface area contributed by atoms with E-state index in [9.17, 15) is 18.0 Å². The lowest BCUT2D eigenvalue weighted by Crippen LogP contribution is -2.23. The number of hydrogen-bond donors (Lipinski definition) is 2. The van der Waals surface area contributed by atoms with Crippen LogP contribution < -0.4 is 11.5 Å². The average Bonchev–Trinajstić information content (AvgIpc) is 3.01. The number of amides is 1. The molecule has 0 saturated heterocycles. The maximum absolute atomic E-state index is 12.3. The summed E-state index contributed by atoms with van der Waals surface area (Å²) in [5.41, 5.74) is 6.70. The van der Waals surface area contributed by atoms with Gasteiger partial charge in [-0.3, -0.25) is 14.3 Å². The number of rotatable bonds is 5. The molecule has 1 amide bonds. The van der Waals surface area contributed by atoms with E-state index in [4.69, 9.17) is 17.3 Å². The Kier molecular flexibility index (Phi) is 4.90. The topological polar surface area (TPSA) is 136 Å². The van der Waals surface area contributed by atoms with E-state index in [1.165, 1.54) is 24.3 Å². The zero-order valence-electron chi connectivity index (χ0n) is 14.0. The molecule has 10 heteroatoms. The second-order valence-corrected chi connectivity index (χ2v) is 8.31. The Morgan fingerprint density at radius 1 is 1.26 bits per heavy atom. The molecule has 3 N–H and O–H groups in total. The molecule has 0 aliphatic carbocycles. The largest absolute Gasteiger partial charge is 0.439 e. The molecule has 3 rings (SSSR count). The van der Waals surface area contributed by atoms with Gasteiger partial charge in [0.2, 0.25) is 5.91 Å². The quantitative estimate of drug-likeness (QED) is 0.660. The first-order valence-corrected chi connectivity index (χ1v) is 9.89. The number of carbonyl (C=O) groups is 1. The molecule has 1 aromatic heterocycles. The van der Waals surface area contributed by atoms with Crippen molar-refractivity contribution < 1.29 is 17.7 Å². The Hall–Kier alpha value is -2.91. The van der Waals surface area contributed by atoms with Crippen molar-refractivity contribution in [3.05, 3.63) is 69.2 Å². The van der Waals surface area contributed by atoms with Crippen molar-refractivity contribution in [1.29, 1.82) is 0 Å². The number of halogens is 1. The van der Waals surface area contributed by atoms with Crippen LogP contribution in [0.5, 0.6) is 0 Å². The van der Waals surface area contributed by atoms with Crippen molar-refractivity contribution in [2.24, 2.45) is 5.73 Å². The molecule has 1 unspecified atom stereocenters. The van der Waals surface area contributed by atoms with Gasteiger partial charge in [0.15, 0.2) is 15.7 Å². The van der Waals surface area contributed by atoms with Crippen LogP contribution in [0.1, 0.15) is 17.0 Å². The first-order chi connectivity index (χ1) is 12.7. The first kappa shape index (κ1) is 18.9. The molecule has 8 nitrogen and oxygen atoms in total. The third-order valence-electron chi connectivity index (χ3n) is 3.92. The fraction of sp³-hybridized carbons (Fsp3) is 0.118. The van der Waals surface area contributed by atoms with Crippen molar-refractivity contribution in [2.45, 2.75) is 10.8 Å². The number of sulfone groups is 1. The van der Waals surface area contributed by atoms with Crippen molar-refractivity contribution in [1.82, 2.24) is 10.1 Å². The van der Waals surface area contributed by atoms with Crippen LogP contribution in [-0.2, 0) is 14.6 Å². The lowest BCUT2D eigenvalue weighted by molar-refractivity contribution is -0.118. The summed E-state index contributed by atoms with van der Waals surface area (Å²) in [6, 6.07) is 10.5. The Morgan fingerprint density at radius 3 is 2.59 bits per heavy atom. The predicted octanol–water partition coefficient (Wildman–Crippen LogP) is 1.70. The average molecular weight is 408 g/mol. The molecule has 1 atom stereocenters. The number of carbonyl (C=O) groups excluding carboxylic acids is 1. The van der Waals surface area contributed by atoms with Crippen LogP contribution in [0.15, 0.2) is 56.7 Å². The van der Waals surface area contributed by atoms with Crippen LogP contribution in [-0.4, -0.2) is 30.7 Å². The summed E-state index contributed by atoms with van der Waals surface area (Å²) < 4.78 is 28.2. The Morgan fingerprint density at radius 2 is 2.00 bits per heavy atom. The molecule has 0 spiro atoms. The molecule has 140 valence electrons. The Balaban J connectivity index is 2.24. The predicted molar refractivity (Wildman–Crippen MR) is 98.2 cm³/mol. The van der Waals surface area contributed by atoms with Gasteiger partial charge in [-0.2, -0.15) is 0 Å². The monoisotopic (exact) mass is 407 g/mol. The van der Waals surface area contributed by atoms with Gasteiger partial charge in [-0.05, 0) is 41.5 Å². The van der Waals surface area contributed by atoms with Crippen LogP contribution >= 0.6 is 11.6 Å². The minimum atomic E-state index is -3.49. The van der Waals surface area contributed by atoms with Crippen LogP contribution in [0.4, 0.5) is 0 Å². The van der Waals surface area contributed by atoms with Gasteiger partial charge in [0.05, 0.1) is 10.8 Å². The number of aromatic nitrogens is 2. The molecular weight excluding hydrogens is 394 g/mol. The molecule has 0 aliphatic heterocycles. The molecule has 27 heavy (non-hydrogen) atoms. The summed E-state index contributed by atoms with van der Waals surface area (Å²) in [5, 5.41) is 3.96. The lowest BCUT2D eigenvalue weighted by Gasteiger charge is -2.18. The zero-order chi connectivity index (χ0) is 19.8. The maximum Gasteiger partial charge on any atom is 0.439 e. The highest BCUT2D eigenvalue weighted by Gasteiger charge is 2.26. The Labute approximate surface area is 158 Å². The smallest absolute Gasteiger partial charge is 0.369 e. The fourth-order valence-corrected chi connectivity index (χ4v) is 3.61. The van der Waals surface area contributed by atoms with E-state index in [1.54, 1.807) is 18.2 Å². The maximum atomic E-state index is 12.3. The van der Waals surface area contributed by atoms with E-state index in [-0.39, 0.29) is 10.7 Å². The van der Waals surface area contributed by atoms with Gasteiger partial charge in [-0.25, -0.2) is 13.2 Å². The number of benzene rings is 2. The van der Waals surface area contributed by atoms with Crippen LogP contribution in [0, 0.1) is 0 Å². The number of nitrogens with zero attached hydrogens (tertiary/aromatic N) is 1. The number of nitrogens with two attached hydrogens (primary N) is 1. The van der Waals surface area contributed by atoms with Crippen molar-refractivity contribution in [2.75, 3.05) is 6.26 Å². The van der Waals surface area contributed by atoms with E-state index in [0.29, 0.717) is 21.7 Å². The van der Waals surface area contributed by atoms with Crippen molar-refractivity contribution >= 4 is 27.3 Å². The van der Waals surface area contributed by atoms with E-state index in [0.717, 1.165) is 6.26 Å². The third kappa shape index (κ3) is 3.93. The minimum absolute atomic E-state index is 0.0460. The van der Waals surface area contributed by atoms with Gasteiger partial charge in [0.1, 0.15) is 0 Å². The van der Waals surface area contributed by atoms with Gasteiger partial charge >= 0.3 is 5.76 Å². The van der Waals surface area contributed by atoms with Crippen molar-refractivity contribution in [3.63, 3.8) is 0 Å². The molecule has 0 fully saturated rings. The summed E-state index contributed by atoms with van der Waals surface area (Å²) in [5.74, 6) is -2.42. The molecule has 1 heterocycles. The SMILES string of the molecule is CS(=O)(=O)c1cccc(C(C(N)=O)c2cc(Cl)ccc2-c2noc(=O)[nH]2)c1. The van der Waals surface area contributed by atoms with Crippen LogP contribution in [0.25, 0.3) is 11.4 Å². The highest BCUT2D eigenvalue weighted by molar-refractivity contribution is 7.90. The normalized spacial score (nSPS) is 12.7. The number of aromatic amines is 1. The number of hydrogen-bond acceptors (Lipinski definition) is 6. The highest BCUT2D eigenvalue weighted by atomic mass is 35.5. The van der Waals surface area contributed by atoms with E-state index in [1.807, 2.05) is 0 Å². The second-order valence-electron chi connectivity index (χ2n) is 5.86. The number of primary amides is 1. The van der Waals surface area contributed by atoms with E-state index >= 15 is 0 Å². The summed E-state index contributed by atoms with van der Waals surface area (Å²) in [6.07, 6.45) is 1.07. The molecule has 0 radical (unpaired) electrons. The molecule has 3 aromatic rings. The Bertz CT molecular complexity index is 1180. The van der Waals surface area contributed by atoms with Crippen LogP contribution in [0.3, 0.4) is 0 Å². The van der Waals surface area contributed by atoms with Gasteiger partial charge in [0, 0.05) is 16.8 Å². The third-order valence-corrected chi connectivity index (χ3v) is 5.27. The molecule has 2 aromatic carbocycles. The van der Waals surface area contributed by atoms with Gasteiger partial charge in [-0.15, -0.1) is 0 Å². The van der Waals surface area contributed by atoms with Crippen LogP contribution in [0.2, 0.25) is 5.02 Å². The standard InChI is InChI=1S/C17H14ClN3O5S/c1-27(24,25)11-4-2-3-9(7-11)14(15(19)22)13-8-10(18)5-6-12(13)16-20-17(23)26-21-16/h2-8,14H,1H3,(H2,19,22)(H,20,21,23). The van der Waals surface area contributed by atoms with E-state index in [2.05, 4.69) is 14.7 Å². The first-order valence-electron chi connectivity index (χ1n) is 7.62. The lowest BCUT2D eigenvalue weighted by atomic mass is 9.87. The molecule has 0 bridgehead atoms. The number of H-pyrrole nitrogens is 1. The highest BCUT2D eigenvalue weighted by Crippen LogP contribution is 2.34.